The number of hydrogen-bond donors (Lipinski definition) is 2. The molecule has 0 unspecified atom stereocenters. The molecule has 1 aromatic heterocycles. The third kappa shape index (κ3) is 4.66. The Bertz CT molecular complexity index is 1190. The second kappa shape index (κ2) is 8.49. The Hall–Kier alpha value is -3.61. The fourth-order valence-electron chi connectivity index (χ4n) is 3.37. The number of esters is 1. The van der Waals surface area contributed by atoms with Gasteiger partial charge in [-0.3, -0.25) is 20.4 Å². The van der Waals surface area contributed by atoms with Crippen molar-refractivity contribution in [2.24, 2.45) is 0 Å². The van der Waals surface area contributed by atoms with E-state index in [0.29, 0.717) is 27.8 Å². The molecular formula is C25H28N2O5. The number of aryl methyl sites for hydroxylation is 2. The maximum Gasteiger partial charge on any atom is 0.338 e. The van der Waals surface area contributed by atoms with E-state index in [1.165, 1.54) is 6.07 Å². The minimum atomic E-state index is -0.620. The lowest BCUT2D eigenvalue weighted by atomic mass is 9.97. The molecule has 3 rings (SSSR count). The maximum absolute atomic E-state index is 12.7. The van der Waals surface area contributed by atoms with Crippen LogP contribution in [0.3, 0.4) is 0 Å². The normalized spacial score (nSPS) is 11.3. The van der Waals surface area contributed by atoms with Crippen molar-refractivity contribution in [3.8, 4) is 0 Å². The molecule has 2 amide bonds. The highest BCUT2D eigenvalue weighted by Crippen LogP contribution is 2.26. The Balaban J connectivity index is 1.74. The molecule has 3 aromatic rings. The van der Waals surface area contributed by atoms with Crippen molar-refractivity contribution in [2.45, 2.75) is 54.1 Å². The van der Waals surface area contributed by atoms with Crippen LogP contribution < -0.4 is 10.9 Å². The summed E-state index contributed by atoms with van der Waals surface area (Å²) in [6.07, 6.45) is 0. The zero-order chi connectivity index (χ0) is 23.8. The van der Waals surface area contributed by atoms with Crippen LogP contribution in [0.2, 0.25) is 0 Å². The summed E-state index contributed by atoms with van der Waals surface area (Å²) in [5.74, 6) is -1.41. The number of carbonyl (C=O) groups is 3. The van der Waals surface area contributed by atoms with Gasteiger partial charge in [0, 0.05) is 10.9 Å². The smallest absolute Gasteiger partial charge is 0.338 e. The quantitative estimate of drug-likeness (QED) is 0.458. The van der Waals surface area contributed by atoms with Crippen LogP contribution in [0.4, 0.5) is 0 Å². The van der Waals surface area contributed by atoms with Gasteiger partial charge in [0.05, 0.1) is 5.56 Å². The molecule has 0 radical (unpaired) electrons. The van der Waals surface area contributed by atoms with Crippen LogP contribution in [0.15, 0.2) is 34.7 Å². The van der Waals surface area contributed by atoms with Gasteiger partial charge in [-0.1, -0.05) is 12.1 Å². The predicted molar refractivity (Wildman–Crippen MR) is 122 cm³/mol. The fourth-order valence-corrected chi connectivity index (χ4v) is 3.37. The first-order valence-corrected chi connectivity index (χ1v) is 10.3. The summed E-state index contributed by atoms with van der Waals surface area (Å²) in [5.41, 5.74) is 8.73. The first kappa shape index (κ1) is 23.1. The monoisotopic (exact) mass is 436 g/mol. The lowest BCUT2D eigenvalue weighted by Gasteiger charge is -2.21. The van der Waals surface area contributed by atoms with E-state index in [-0.39, 0.29) is 5.76 Å². The number of amides is 2. The van der Waals surface area contributed by atoms with Crippen molar-refractivity contribution in [1.82, 2.24) is 10.9 Å². The molecule has 0 fully saturated rings. The van der Waals surface area contributed by atoms with E-state index < -0.39 is 23.4 Å². The summed E-state index contributed by atoms with van der Waals surface area (Å²) < 4.78 is 11.1. The largest absolute Gasteiger partial charge is 0.456 e. The van der Waals surface area contributed by atoms with E-state index in [1.807, 2.05) is 26.0 Å². The Morgan fingerprint density at radius 3 is 2.00 bits per heavy atom. The van der Waals surface area contributed by atoms with Gasteiger partial charge in [-0.2, -0.15) is 0 Å². The SMILES string of the molecule is Cc1c(C(=O)NNC(=O)c2cc3c(C)ccc(C)c3o2)ccc(C(=O)OC(C)(C)C)c1C. The summed E-state index contributed by atoms with van der Waals surface area (Å²) in [4.78, 5) is 37.6. The van der Waals surface area contributed by atoms with Crippen molar-refractivity contribution in [2.75, 3.05) is 0 Å². The molecule has 168 valence electrons. The molecular weight excluding hydrogens is 408 g/mol. The second-order valence-corrected chi connectivity index (χ2v) is 8.87. The second-order valence-electron chi connectivity index (χ2n) is 8.87. The number of furan rings is 1. The summed E-state index contributed by atoms with van der Waals surface area (Å²) in [6, 6.07) is 8.64. The number of rotatable bonds is 3. The highest BCUT2D eigenvalue weighted by atomic mass is 16.6. The van der Waals surface area contributed by atoms with Crippen LogP contribution in [-0.4, -0.2) is 23.4 Å². The first-order chi connectivity index (χ1) is 14.9. The molecule has 0 atom stereocenters. The summed E-state index contributed by atoms with van der Waals surface area (Å²) in [7, 11) is 0. The molecule has 2 aromatic carbocycles. The van der Waals surface area contributed by atoms with Crippen LogP contribution in [0.25, 0.3) is 11.0 Å². The van der Waals surface area contributed by atoms with Gasteiger partial charge in [-0.25, -0.2) is 4.79 Å². The van der Waals surface area contributed by atoms with Crippen molar-refractivity contribution in [3.63, 3.8) is 0 Å². The van der Waals surface area contributed by atoms with Crippen molar-refractivity contribution in [3.05, 3.63) is 69.5 Å². The molecule has 32 heavy (non-hydrogen) atoms. The van der Waals surface area contributed by atoms with Gasteiger partial charge < -0.3 is 9.15 Å². The Morgan fingerprint density at radius 2 is 1.38 bits per heavy atom. The average Bonchev–Trinajstić information content (AvgIpc) is 3.16. The van der Waals surface area contributed by atoms with E-state index in [4.69, 9.17) is 9.15 Å². The Morgan fingerprint density at radius 1 is 0.812 bits per heavy atom. The van der Waals surface area contributed by atoms with Crippen LogP contribution >= 0.6 is 0 Å². The Kier molecular flexibility index (Phi) is 6.12. The summed E-state index contributed by atoms with van der Waals surface area (Å²) >= 11 is 0. The minimum Gasteiger partial charge on any atom is -0.456 e. The van der Waals surface area contributed by atoms with E-state index in [1.54, 1.807) is 46.8 Å². The van der Waals surface area contributed by atoms with Gasteiger partial charge in [0.25, 0.3) is 5.91 Å². The molecule has 0 saturated carbocycles. The highest BCUT2D eigenvalue weighted by Gasteiger charge is 2.22. The third-order valence-electron chi connectivity index (χ3n) is 5.26. The van der Waals surface area contributed by atoms with Crippen LogP contribution in [0, 0.1) is 27.7 Å². The maximum atomic E-state index is 12.7. The molecule has 0 aliphatic rings. The Labute approximate surface area is 187 Å². The topological polar surface area (TPSA) is 97.6 Å². The van der Waals surface area contributed by atoms with Crippen LogP contribution in [0.1, 0.15) is 74.3 Å². The molecule has 0 spiro atoms. The van der Waals surface area contributed by atoms with Crippen molar-refractivity contribution in [1.29, 1.82) is 0 Å². The zero-order valence-corrected chi connectivity index (χ0v) is 19.4. The lowest BCUT2D eigenvalue weighted by Crippen LogP contribution is -2.41. The molecule has 7 heteroatoms. The summed E-state index contributed by atoms with van der Waals surface area (Å²) in [5, 5.41) is 0.852. The highest BCUT2D eigenvalue weighted by molar-refractivity contribution is 6.02. The molecule has 2 N–H and O–H groups in total. The van der Waals surface area contributed by atoms with Gasteiger partial charge in [0.1, 0.15) is 11.2 Å². The van der Waals surface area contributed by atoms with Crippen molar-refractivity contribution < 1.29 is 23.5 Å². The van der Waals surface area contributed by atoms with Crippen molar-refractivity contribution >= 4 is 28.8 Å². The van der Waals surface area contributed by atoms with Gasteiger partial charge in [-0.05, 0) is 88.9 Å². The summed E-state index contributed by atoms with van der Waals surface area (Å²) in [6.45, 7) is 12.7. The molecule has 0 saturated heterocycles. The first-order valence-electron chi connectivity index (χ1n) is 10.3. The van der Waals surface area contributed by atoms with E-state index >= 15 is 0 Å². The van der Waals surface area contributed by atoms with E-state index in [9.17, 15) is 14.4 Å². The lowest BCUT2D eigenvalue weighted by molar-refractivity contribution is 0.00683. The molecule has 1 heterocycles. The zero-order valence-electron chi connectivity index (χ0n) is 19.4. The molecule has 0 aliphatic heterocycles. The third-order valence-corrected chi connectivity index (χ3v) is 5.26. The fraction of sp³-hybridized carbons (Fsp3) is 0.320. The molecule has 7 nitrogen and oxygen atoms in total. The van der Waals surface area contributed by atoms with E-state index in [0.717, 1.165) is 16.5 Å². The van der Waals surface area contributed by atoms with E-state index in [2.05, 4.69) is 10.9 Å². The number of hydrazine groups is 1. The predicted octanol–water partition coefficient (Wildman–Crippen LogP) is 4.70. The van der Waals surface area contributed by atoms with Crippen LogP contribution in [0.5, 0.6) is 0 Å². The minimum absolute atomic E-state index is 0.103. The van der Waals surface area contributed by atoms with Crippen LogP contribution in [-0.2, 0) is 4.74 Å². The molecule has 0 bridgehead atoms. The number of hydrogen-bond acceptors (Lipinski definition) is 5. The number of ether oxygens (including phenoxy) is 1. The average molecular weight is 437 g/mol. The van der Waals surface area contributed by atoms with Gasteiger partial charge in [0.2, 0.25) is 0 Å². The van der Waals surface area contributed by atoms with Gasteiger partial charge in [0.15, 0.2) is 5.76 Å². The number of fused-ring (bicyclic) bond motifs is 1. The standard InChI is InChI=1S/C25H28N2O5/c1-13-8-9-14(2)21-19(13)12-20(31-21)23(29)27-26-22(28)17-10-11-18(16(4)15(17)3)24(30)32-25(5,6)7/h8-12H,1-7H3,(H,26,28)(H,27,29). The number of nitrogens with one attached hydrogen (secondary N) is 2. The number of benzene rings is 2. The molecule has 0 aliphatic carbocycles. The van der Waals surface area contributed by atoms with Gasteiger partial charge in [-0.15, -0.1) is 0 Å². The number of carbonyl (C=O) groups excluding carboxylic acids is 3. The van der Waals surface area contributed by atoms with Gasteiger partial charge >= 0.3 is 11.9 Å².